The largest absolute Gasteiger partial charge is 0.294 e. The third-order valence-corrected chi connectivity index (χ3v) is 5.13. The van der Waals surface area contributed by atoms with Gasteiger partial charge in [-0.3, -0.25) is 4.79 Å². The molecule has 0 N–H and O–H groups in total. The zero-order valence-electron chi connectivity index (χ0n) is 12.3. The minimum Gasteiger partial charge on any atom is -0.294 e. The molecule has 0 fully saturated rings. The third-order valence-electron chi connectivity index (χ3n) is 4.33. The number of rotatable bonds is 4. The predicted octanol–water partition coefficient (Wildman–Crippen LogP) is 5.10. The van der Waals surface area contributed by atoms with Crippen LogP contribution in [-0.4, -0.2) is 12.0 Å². The molecular formula is C19H20OS. The Morgan fingerprint density at radius 1 is 1.14 bits per heavy atom. The van der Waals surface area contributed by atoms with Crippen LogP contribution in [0.15, 0.2) is 53.4 Å². The first-order valence-corrected chi connectivity index (χ1v) is 8.76. The second-order valence-corrected chi connectivity index (χ2v) is 6.46. The van der Waals surface area contributed by atoms with Crippen molar-refractivity contribution in [3.63, 3.8) is 0 Å². The Morgan fingerprint density at radius 3 is 2.76 bits per heavy atom. The van der Waals surface area contributed by atoms with Gasteiger partial charge in [0.1, 0.15) is 0 Å². The molecule has 0 bridgehead atoms. The molecule has 2 aromatic rings. The molecule has 2 heteroatoms. The van der Waals surface area contributed by atoms with Crippen LogP contribution < -0.4 is 0 Å². The summed E-state index contributed by atoms with van der Waals surface area (Å²) in [4.78, 5) is 13.8. The van der Waals surface area contributed by atoms with Crippen molar-refractivity contribution < 1.29 is 4.79 Å². The van der Waals surface area contributed by atoms with Gasteiger partial charge in [0.2, 0.25) is 0 Å². The Hall–Kier alpha value is -1.54. The van der Waals surface area contributed by atoms with Gasteiger partial charge in [-0.05, 0) is 48.6 Å². The van der Waals surface area contributed by atoms with Crippen LogP contribution in [0.2, 0.25) is 0 Å². The van der Waals surface area contributed by atoms with Crippen LogP contribution in [0.25, 0.3) is 0 Å². The summed E-state index contributed by atoms with van der Waals surface area (Å²) in [6, 6.07) is 16.6. The molecule has 0 spiro atoms. The lowest BCUT2D eigenvalue weighted by Gasteiger charge is -2.25. The maximum Gasteiger partial charge on any atom is 0.164 e. The average molecular weight is 296 g/mol. The topological polar surface area (TPSA) is 17.1 Å². The molecule has 0 saturated carbocycles. The number of fused-ring (bicyclic) bond motifs is 1. The first kappa shape index (κ1) is 14.4. The van der Waals surface area contributed by atoms with Gasteiger partial charge >= 0.3 is 0 Å². The average Bonchev–Trinajstić information content (AvgIpc) is 2.55. The van der Waals surface area contributed by atoms with Crippen LogP contribution >= 0.6 is 11.8 Å². The molecule has 21 heavy (non-hydrogen) atoms. The molecule has 1 nitrogen and oxygen atoms in total. The first-order chi connectivity index (χ1) is 10.3. The lowest BCUT2D eigenvalue weighted by molar-refractivity contribution is 0.0968. The van der Waals surface area contributed by atoms with Gasteiger partial charge in [0.25, 0.3) is 0 Å². The number of hydrogen-bond donors (Lipinski definition) is 0. The molecule has 0 aliphatic heterocycles. The van der Waals surface area contributed by atoms with Crippen LogP contribution in [-0.2, 0) is 6.42 Å². The van der Waals surface area contributed by atoms with Crippen molar-refractivity contribution in [1.29, 1.82) is 0 Å². The predicted molar refractivity (Wildman–Crippen MR) is 89.3 cm³/mol. The second kappa shape index (κ2) is 6.48. The van der Waals surface area contributed by atoms with Gasteiger partial charge in [-0.15, -0.1) is 11.8 Å². The van der Waals surface area contributed by atoms with Crippen molar-refractivity contribution in [3.8, 4) is 0 Å². The highest BCUT2D eigenvalue weighted by Crippen LogP contribution is 2.35. The summed E-state index contributed by atoms with van der Waals surface area (Å²) in [5, 5.41) is 0. The Labute approximate surface area is 130 Å². The first-order valence-electron chi connectivity index (χ1n) is 7.53. The quantitative estimate of drug-likeness (QED) is 0.576. The van der Waals surface area contributed by atoms with E-state index < -0.39 is 0 Å². The standard InChI is InChI=1S/C19H20OS/c1-21-19-12-5-4-11-17(19)18(20)13-15-9-6-8-14-7-2-3-10-16(14)15/h2-5,7,10-12,15H,6,8-9,13H2,1H3. The van der Waals surface area contributed by atoms with Crippen molar-refractivity contribution in [2.45, 2.75) is 36.5 Å². The van der Waals surface area contributed by atoms with Crippen molar-refractivity contribution >= 4 is 17.5 Å². The lowest BCUT2D eigenvalue weighted by atomic mass is 9.79. The molecule has 2 aromatic carbocycles. The molecule has 108 valence electrons. The van der Waals surface area contributed by atoms with E-state index in [4.69, 9.17) is 0 Å². The number of carbonyl (C=O) groups is 1. The van der Waals surface area contributed by atoms with E-state index in [1.54, 1.807) is 11.8 Å². The minimum absolute atomic E-state index is 0.279. The number of thioether (sulfide) groups is 1. The molecule has 0 aromatic heterocycles. The molecule has 0 saturated heterocycles. The Kier molecular flexibility index (Phi) is 4.45. The Morgan fingerprint density at radius 2 is 1.90 bits per heavy atom. The Balaban J connectivity index is 1.83. The van der Waals surface area contributed by atoms with Crippen LogP contribution in [0.4, 0.5) is 0 Å². The number of ketones is 1. The van der Waals surface area contributed by atoms with E-state index in [0.29, 0.717) is 12.3 Å². The summed E-state index contributed by atoms with van der Waals surface area (Å²) in [6.07, 6.45) is 6.14. The van der Waals surface area contributed by atoms with Gasteiger partial charge in [0.15, 0.2) is 5.78 Å². The van der Waals surface area contributed by atoms with Crippen molar-refractivity contribution in [1.82, 2.24) is 0 Å². The highest BCUT2D eigenvalue weighted by atomic mass is 32.2. The van der Waals surface area contributed by atoms with Gasteiger partial charge in [-0.25, -0.2) is 0 Å². The molecule has 1 aliphatic carbocycles. The van der Waals surface area contributed by atoms with Gasteiger partial charge in [-0.1, -0.05) is 42.5 Å². The zero-order chi connectivity index (χ0) is 14.7. The number of hydrogen-bond acceptors (Lipinski definition) is 2. The second-order valence-electron chi connectivity index (χ2n) is 5.62. The fourth-order valence-corrected chi connectivity index (χ4v) is 3.89. The number of benzene rings is 2. The number of Topliss-reactive ketones (excluding diaryl/α,β-unsaturated/α-hetero) is 1. The van der Waals surface area contributed by atoms with Crippen molar-refractivity contribution in [3.05, 3.63) is 65.2 Å². The maximum absolute atomic E-state index is 12.7. The van der Waals surface area contributed by atoms with Gasteiger partial charge in [0, 0.05) is 16.9 Å². The zero-order valence-corrected chi connectivity index (χ0v) is 13.2. The smallest absolute Gasteiger partial charge is 0.164 e. The molecule has 0 heterocycles. The summed E-state index contributed by atoms with van der Waals surface area (Å²) in [7, 11) is 0. The molecule has 1 unspecified atom stereocenters. The maximum atomic E-state index is 12.7. The highest BCUT2D eigenvalue weighted by molar-refractivity contribution is 7.98. The van der Waals surface area contributed by atoms with E-state index in [9.17, 15) is 4.79 Å². The van der Waals surface area contributed by atoms with Crippen molar-refractivity contribution in [2.75, 3.05) is 6.26 Å². The fourth-order valence-electron chi connectivity index (χ4n) is 3.28. The number of carbonyl (C=O) groups excluding carboxylic acids is 1. The van der Waals surface area contributed by atoms with E-state index in [-0.39, 0.29) is 5.78 Å². The summed E-state index contributed by atoms with van der Waals surface area (Å²) in [5.74, 6) is 0.666. The summed E-state index contributed by atoms with van der Waals surface area (Å²) in [6.45, 7) is 0. The normalized spacial score (nSPS) is 17.3. The summed E-state index contributed by atoms with van der Waals surface area (Å²) >= 11 is 1.65. The van der Waals surface area contributed by atoms with E-state index in [1.165, 1.54) is 17.5 Å². The van der Waals surface area contributed by atoms with E-state index in [0.717, 1.165) is 23.3 Å². The van der Waals surface area contributed by atoms with Gasteiger partial charge in [-0.2, -0.15) is 0 Å². The van der Waals surface area contributed by atoms with E-state index >= 15 is 0 Å². The van der Waals surface area contributed by atoms with Crippen LogP contribution in [0.3, 0.4) is 0 Å². The monoisotopic (exact) mass is 296 g/mol. The van der Waals surface area contributed by atoms with Gasteiger partial charge in [0.05, 0.1) is 0 Å². The van der Waals surface area contributed by atoms with Crippen molar-refractivity contribution in [2.24, 2.45) is 0 Å². The van der Waals surface area contributed by atoms with Gasteiger partial charge < -0.3 is 0 Å². The van der Waals surface area contributed by atoms with Crippen LogP contribution in [0.5, 0.6) is 0 Å². The SMILES string of the molecule is CSc1ccccc1C(=O)CC1CCCc2ccccc21. The summed E-state index contributed by atoms with van der Waals surface area (Å²) in [5.41, 5.74) is 3.70. The molecule has 1 aliphatic rings. The third kappa shape index (κ3) is 3.06. The molecular weight excluding hydrogens is 276 g/mol. The molecule has 0 radical (unpaired) electrons. The minimum atomic E-state index is 0.279. The fraction of sp³-hybridized carbons (Fsp3) is 0.316. The molecule has 3 rings (SSSR count). The highest BCUT2D eigenvalue weighted by Gasteiger charge is 2.23. The van der Waals surface area contributed by atoms with Crippen LogP contribution in [0, 0.1) is 0 Å². The lowest BCUT2D eigenvalue weighted by Crippen LogP contribution is -2.14. The molecule has 0 amide bonds. The molecule has 1 atom stereocenters. The summed E-state index contributed by atoms with van der Waals surface area (Å²) < 4.78 is 0. The van der Waals surface area contributed by atoms with E-state index in [2.05, 4.69) is 24.3 Å². The Bertz CT molecular complexity index is 648. The van der Waals surface area contributed by atoms with Crippen LogP contribution in [0.1, 0.15) is 46.7 Å². The number of aryl methyl sites for hydroxylation is 1. The van der Waals surface area contributed by atoms with E-state index in [1.807, 2.05) is 30.5 Å².